The summed E-state index contributed by atoms with van der Waals surface area (Å²) >= 11 is 1.78. The SMILES string of the molecule is C=C1NC(=O)C(I)=CN1C1OC(COP(=O)(O)O)C(O)C1O. The van der Waals surface area contributed by atoms with Crippen molar-refractivity contribution in [3.63, 3.8) is 0 Å². The highest BCUT2D eigenvalue weighted by Gasteiger charge is 2.47. The number of hydrogen-bond acceptors (Lipinski definition) is 7. The first-order valence-electron chi connectivity index (χ1n) is 5.98. The van der Waals surface area contributed by atoms with Gasteiger partial charge in [0.2, 0.25) is 0 Å². The molecule has 0 spiro atoms. The second-order valence-electron chi connectivity index (χ2n) is 4.62. The van der Waals surface area contributed by atoms with E-state index in [9.17, 15) is 19.6 Å². The maximum atomic E-state index is 11.5. The van der Waals surface area contributed by atoms with E-state index in [-0.39, 0.29) is 11.7 Å². The molecule has 1 fully saturated rings. The zero-order valence-corrected chi connectivity index (χ0v) is 14.0. The number of aliphatic hydroxyl groups excluding tert-OH is 2. The zero-order valence-electron chi connectivity index (χ0n) is 11.0. The van der Waals surface area contributed by atoms with Gasteiger partial charge in [-0.3, -0.25) is 9.32 Å². The van der Waals surface area contributed by atoms with Gasteiger partial charge in [-0.05, 0) is 22.6 Å². The molecule has 4 atom stereocenters. The van der Waals surface area contributed by atoms with Crippen molar-refractivity contribution < 1.29 is 38.6 Å². The number of nitrogens with zero attached hydrogens (tertiary/aromatic N) is 1. The molecule has 12 heteroatoms. The molecule has 0 saturated carbocycles. The third-order valence-corrected chi connectivity index (χ3v) is 4.31. The average molecular weight is 448 g/mol. The fourth-order valence-corrected chi connectivity index (χ4v) is 2.78. The molecule has 2 aliphatic rings. The van der Waals surface area contributed by atoms with Gasteiger partial charge in [0.25, 0.3) is 5.91 Å². The topological polar surface area (TPSA) is 149 Å². The molecule has 0 bridgehead atoms. The van der Waals surface area contributed by atoms with Crippen molar-refractivity contribution in [2.24, 2.45) is 0 Å². The molecule has 0 aromatic heterocycles. The first-order chi connectivity index (χ1) is 10.1. The highest BCUT2D eigenvalue weighted by Crippen LogP contribution is 2.37. The molecular weight excluding hydrogens is 434 g/mol. The normalized spacial score (nSPS) is 33.0. The lowest BCUT2D eigenvalue weighted by molar-refractivity contribution is -0.118. The Labute approximate surface area is 138 Å². The molecule has 5 N–H and O–H groups in total. The van der Waals surface area contributed by atoms with Gasteiger partial charge in [-0.2, -0.15) is 0 Å². The molecule has 4 unspecified atom stereocenters. The van der Waals surface area contributed by atoms with Gasteiger partial charge in [0.05, 0.1) is 10.2 Å². The van der Waals surface area contributed by atoms with Gasteiger partial charge in [0, 0.05) is 6.20 Å². The number of nitrogens with one attached hydrogen (secondary N) is 1. The first-order valence-corrected chi connectivity index (χ1v) is 8.58. The van der Waals surface area contributed by atoms with E-state index in [2.05, 4.69) is 16.4 Å². The van der Waals surface area contributed by atoms with Crippen LogP contribution in [0.4, 0.5) is 0 Å². The molecular formula is C10H14IN2O8P. The van der Waals surface area contributed by atoms with E-state index in [1.54, 1.807) is 22.6 Å². The van der Waals surface area contributed by atoms with Crippen LogP contribution in [0.5, 0.6) is 0 Å². The molecule has 22 heavy (non-hydrogen) atoms. The quantitative estimate of drug-likeness (QED) is 0.262. The molecule has 0 aromatic carbocycles. The van der Waals surface area contributed by atoms with Crippen molar-refractivity contribution in [1.29, 1.82) is 0 Å². The maximum absolute atomic E-state index is 11.5. The lowest BCUT2D eigenvalue weighted by atomic mass is 10.1. The van der Waals surface area contributed by atoms with Crippen molar-refractivity contribution in [3.8, 4) is 0 Å². The van der Waals surface area contributed by atoms with Crippen LogP contribution in [-0.4, -0.2) is 62.0 Å². The van der Waals surface area contributed by atoms with Crippen molar-refractivity contribution in [2.45, 2.75) is 24.5 Å². The second kappa shape index (κ2) is 6.53. The second-order valence-corrected chi connectivity index (χ2v) is 7.02. The van der Waals surface area contributed by atoms with Crippen LogP contribution in [0.3, 0.4) is 0 Å². The summed E-state index contributed by atoms with van der Waals surface area (Å²) in [5.74, 6) is -0.227. The van der Waals surface area contributed by atoms with Crippen LogP contribution in [0.15, 0.2) is 22.2 Å². The Balaban J connectivity index is 2.11. The number of hydrogen-bond donors (Lipinski definition) is 5. The van der Waals surface area contributed by atoms with Gasteiger partial charge in [-0.15, -0.1) is 0 Å². The van der Waals surface area contributed by atoms with Gasteiger partial charge >= 0.3 is 7.82 Å². The summed E-state index contributed by atoms with van der Waals surface area (Å²) in [6, 6.07) is 0. The number of amides is 1. The molecule has 124 valence electrons. The number of carbonyl (C=O) groups excluding carboxylic acids is 1. The van der Waals surface area contributed by atoms with E-state index in [0.29, 0.717) is 3.58 Å². The molecule has 0 aliphatic carbocycles. The van der Waals surface area contributed by atoms with E-state index >= 15 is 0 Å². The molecule has 1 amide bonds. The average Bonchev–Trinajstić information content (AvgIpc) is 2.68. The number of aliphatic hydroxyl groups is 2. The van der Waals surface area contributed by atoms with E-state index in [1.807, 2.05) is 0 Å². The minimum absolute atomic E-state index is 0.137. The van der Waals surface area contributed by atoms with Crippen molar-refractivity contribution in [1.82, 2.24) is 10.2 Å². The van der Waals surface area contributed by atoms with Gasteiger partial charge < -0.3 is 35.0 Å². The molecule has 0 aromatic rings. The molecule has 2 heterocycles. The number of rotatable bonds is 4. The Kier molecular flexibility index (Phi) is 5.29. The maximum Gasteiger partial charge on any atom is 0.469 e. The van der Waals surface area contributed by atoms with Crippen LogP contribution in [0.2, 0.25) is 0 Å². The number of phosphoric ester groups is 1. The van der Waals surface area contributed by atoms with E-state index in [4.69, 9.17) is 14.5 Å². The van der Waals surface area contributed by atoms with Crippen molar-refractivity contribution >= 4 is 36.3 Å². The first kappa shape index (κ1) is 17.8. The summed E-state index contributed by atoms with van der Waals surface area (Å²) in [7, 11) is -4.72. The fraction of sp³-hybridized carbons (Fsp3) is 0.500. The van der Waals surface area contributed by atoms with Crippen LogP contribution >= 0.6 is 30.4 Å². The van der Waals surface area contributed by atoms with Gasteiger partial charge in [-0.25, -0.2) is 4.57 Å². The van der Waals surface area contributed by atoms with Crippen molar-refractivity contribution in [3.05, 3.63) is 22.2 Å². The van der Waals surface area contributed by atoms with Crippen LogP contribution in [0.25, 0.3) is 0 Å². The predicted octanol–water partition coefficient (Wildman–Crippen LogP) is -1.28. The Morgan fingerprint density at radius 3 is 2.68 bits per heavy atom. The monoisotopic (exact) mass is 448 g/mol. The lowest BCUT2D eigenvalue weighted by Gasteiger charge is -2.33. The Hall–Kier alpha value is -0.530. The van der Waals surface area contributed by atoms with Crippen LogP contribution in [0, 0.1) is 0 Å². The van der Waals surface area contributed by atoms with E-state index < -0.39 is 39.0 Å². The van der Waals surface area contributed by atoms with Gasteiger partial charge in [0.15, 0.2) is 6.23 Å². The molecule has 2 aliphatic heterocycles. The summed E-state index contributed by atoms with van der Waals surface area (Å²) < 4.78 is 20.6. The number of carbonyl (C=O) groups is 1. The molecule has 2 rings (SSSR count). The Morgan fingerprint density at radius 1 is 1.45 bits per heavy atom. The third-order valence-electron chi connectivity index (χ3n) is 3.06. The standard InChI is InChI=1S/C10H14IN2O8P/c1-4-12-9(16)5(11)2-13(4)10-8(15)7(14)6(21-10)3-20-22(17,18)19/h2,6-8,10,14-15H,1,3H2,(H,12,16)(H2,17,18,19). The molecule has 0 radical (unpaired) electrons. The molecule has 10 nitrogen and oxygen atoms in total. The summed E-state index contributed by atoms with van der Waals surface area (Å²) in [6.07, 6.45) is -3.66. The highest BCUT2D eigenvalue weighted by atomic mass is 127. The van der Waals surface area contributed by atoms with Crippen LogP contribution in [-0.2, 0) is 18.6 Å². The van der Waals surface area contributed by atoms with Crippen LogP contribution < -0.4 is 5.32 Å². The summed E-state index contributed by atoms with van der Waals surface area (Å²) in [4.78, 5) is 30.1. The number of phosphoric acid groups is 1. The number of halogens is 1. The van der Waals surface area contributed by atoms with Crippen LogP contribution in [0.1, 0.15) is 0 Å². The minimum Gasteiger partial charge on any atom is -0.387 e. The molecule has 1 saturated heterocycles. The van der Waals surface area contributed by atoms with Crippen molar-refractivity contribution in [2.75, 3.05) is 6.61 Å². The Morgan fingerprint density at radius 2 is 2.09 bits per heavy atom. The lowest BCUT2D eigenvalue weighted by Crippen LogP contribution is -2.47. The van der Waals surface area contributed by atoms with Gasteiger partial charge in [-0.1, -0.05) is 6.58 Å². The fourth-order valence-electron chi connectivity index (χ4n) is 2.01. The summed E-state index contributed by atoms with van der Waals surface area (Å²) in [5.41, 5.74) is 0. The minimum atomic E-state index is -4.72. The predicted molar refractivity (Wildman–Crippen MR) is 79.9 cm³/mol. The summed E-state index contributed by atoms with van der Waals surface area (Å²) in [6.45, 7) is 3.01. The highest BCUT2D eigenvalue weighted by molar-refractivity contribution is 14.1. The smallest absolute Gasteiger partial charge is 0.387 e. The Bertz CT molecular complexity index is 563. The zero-order chi connectivity index (χ0) is 16.7. The number of ether oxygens (including phenoxy) is 1. The van der Waals surface area contributed by atoms with Gasteiger partial charge in [0.1, 0.15) is 24.1 Å². The summed E-state index contributed by atoms with van der Waals surface area (Å²) in [5, 5.41) is 22.4. The third kappa shape index (κ3) is 3.86. The van der Waals surface area contributed by atoms with E-state index in [0.717, 1.165) is 0 Å². The van der Waals surface area contributed by atoms with E-state index in [1.165, 1.54) is 11.1 Å². The largest absolute Gasteiger partial charge is 0.469 e.